The molecule has 0 radical (unpaired) electrons. The summed E-state index contributed by atoms with van der Waals surface area (Å²) < 4.78 is 25.1. The van der Waals surface area contributed by atoms with Crippen LogP contribution in [0.2, 0.25) is 5.02 Å². The predicted molar refractivity (Wildman–Crippen MR) is 50.1 cm³/mol. The van der Waals surface area contributed by atoms with Gasteiger partial charge >= 0.3 is 0 Å². The largest absolute Gasteiger partial charge is 0.259 e. The molecule has 1 N–H and O–H groups in total. The molecule has 0 spiro atoms. The van der Waals surface area contributed by atoms with E-state index in [2.05, 4.69) is 9.71 Å². The fraction of sp³-hybridized carbons (Fsp3) is 0.286. The van der Waals surface area contributed by atoms with Crippen molar-refractivity contribution in [3.63, 3.8) is 0 Å². The highest BCUT2D eigenvalue weighted by atomic mass is 35.5. The van der Waals surface area contributed by atoms with Crippen LogP contribution in [0.15, 0.2) is 23.4 Å². The molecule has 6 heteroatoms. The third-order valence-electron chi connectivity index (χ3n) is 1.31. The van der Waals surface area contributed by atoms with E-state index < -0.39 is 10.0 Å². The van der Waals surface area contributed by atoms with Crippen LogP contribution in [0.4, 0.5) is 0 Å². The van der Waals surface area contributed by atoms with Gasteiger partial charge < -0.3 is 0 Å². The van der Waals surface area contributed by atoms with Gasteiger partial charge in [-0.25, -0.2) is 18.1 Å². The molecule has 0 unspecified atom stereocenters. The lowest BCUT2D eigenvalue weighted by Gasteiger charge is -2.03. The summed E-state index contributed by atoms with van der Waals surface area (Å²) in [5.41, 5.74) is 0. The molecule has 13 heavy (non-hydrogen) atoms. The second kappa shape index (κ2) is 4.04. The van der Waals surface area contributed by atoms with Crippen molar-refractivity contribution in [1.29, 1.82) is 0 Å². The van der Waals surface area contributed by atoms with Gasteiger partial charge in [0.25, 0.3) is 10.0 Å². The number of nitrogens with zero attached hydrogens (tertiary/aromatic N) is 1. The number of nitrogens with one attached hydrogen (secondary N) is 1. The van der Waals surface area contributed by atoms with Crippen LogP contribution in [0, 0.1) is 0 Å². The van der Waals surface area contributed by atoms with E-state index in [0.717, 1.165) is 0 Å². The van der Waals surface area contributed by atoms with Crippen molar-refractivity contribution >= 4 is 21.6 Å². The standard InChI is InChI=1S/C7H9ClN2O2S/c1-2-10-13(11,12)7-6(8)4-3-5-9-7/h3-5,10H,2H2,1H3. The van der Waals surface area contributed by atoms with E-state index in [1.54, 1.807) is 13.0 Å². The van der Waals surface area contributed by atoms with Gasteiger partial charge in [0.2, 0.25) is 0 Å². The van der Waals surface area contributed by atoms with Crippen molar-refractivity contribution in [2.75, 3.05) is 6.54 Å². The normalized spacial score (nSPS) is 11.5. The molecule has 0 aliphatic carbocycles. The van der Waals surface area contributed by atoms with E-state index >= 15 is 0 Å². The van der Waals surface area contributed by atoms with Gasteiger partial charge in [-0.2, -0.15) is 0 Å². The quantitative estimate of drug-likeness (QED) is 0.828. The minimum Gasteiger partial charge on any atom is -0.242 e. The molecule has 0 bridgehead atoms. The van der Waals surface area contributed by atoms with Crippen LogP contribution < -0.4 is 4.72 Å². The van der Waals surface area contributed by atoms with E-state index in [4.69, 9.17) is 11.6 Å². The predicted octanol–water partition coefficient (Wildman–Crippen LogP) is 1.03. The topological polar surface area (TPSA) is 59.1 Å². The van der Waals surface area contributed by atoms with Crippen LogP contribution in [-0.2, 0) is 10.0 Å². The lowest BCUT2D eigenvalue weighted by atomic mass is 10.5. The van der Waals surface area contributed by atoms with Gasteiger partial charge in [-0.3, -0.25) is 0 Å². The minimum absolute atomic E-state index is 0.126. The zero-order valence-corrected chi connectivity index (χ0v) is 8.56. The zero-order valence-electron chi connectivity index (χ0n) is 6.99. The first-order valence-electron chi connectivity index (χ1n) is 3.68. The number of halogens is 1. The number of hydrogen-bond donors (Lipinski definition) is 1. The Morgan fingerprint density at radius 3 is 2.85 bits per heavy atom. The summed E-state index contributed by atoms with van der Waals surface area (Å²) >= 11 is 5.66. The van der Waals surface area contributed by atoms with Crippen LogP contribution in [-0.4, -0.2) is 19.9 Å². The Morgan fingerprint density at radius 1 is 1.62 bits per heavy atom. The maximum absolute atomic E-state index is 11.4. The molecule has 1 aromatic heterocycles. The van der Waals surface area contributed by atoms with Crippen molar-refractivity contribution in [2.45, 2.75) is 11.9 Å². The van der Waals surface area contributed by atoms with E-state index in [0.29, 0.717) is 6.54 Å². The number of hydrogen-bond acceptors (Lipinski definition) is 3. The number of pyridine rings is 1. The summed E-state index contributed by atoms with van der Waals surface area (Å²) in [5.74, 6) is 0. The van der Waals surface area contributed by atoms with Crippen molar-refractivity contribution in [3.05, 3.63) is 23.4 Å². The number of sulfonamides is 1. The highest BCUT2D eigenvalue weighted by molar-refractivity contribution is 7.89. The van der Waals surface area contributed by atoms with Gasteiger partial charge in [0.1, 0.15) is 0 Å². The Labute approximate surface area is 82.0 Å². The molecule has 0 aliphatic rings. The Morgan fingerprint density at radius 2 is 2.31 bits per heavy atom. The first-order chi connectivity index (χ1) is 6.08. The SMILES string of the molecule is CCNS(=O)(=O)c1ncccc1Cl. The van der Waals surface area contributed by atoms with Gasteiger partial charge in [-0.05, 0) is 12.1 Å². The summed E-state index contributed by atoms with van der Waals surface area (Å²) in [7, 11) is -3.53. The van der Waals surface area contributed by atoms with Gasteiger partial charge in [-0.15, -0.1) is 0 Å². The van der Waals surface area contributed by atoms with E-state index in [1.807, 2.05) is 0 Å². The van der Waals surface area contributed by atoms with E-state index in [-0.39, 0.29) is 10.0 Å². The summed E-state index contributed by atoms with van der Waals surface area (Å²) in [6, 6.07) is 3.06. The minimum atomic E-state index is -3.53. The Balaban J connectivity index is 3.15. The molecular formula is C7H9ClN2O2S. The third-order valence-corrected chi connectivity index (χ3v) is 3.23. The van der Waals surface area contributed by atoms with Crippen LogP contribution in [0.3, 0.4) is 0 Å². The van der Waals surface area contributed by atoms with Crippen LogP contribution >= 0.6 is 11.6 Å². The van der Waals surface area contributed by atoms with Gasteiger partial charge in [-0.1, -0.05) is 18.5 Å². The third kappa shape index (κ3) is 2.40. The fourth-order valence-electron chi connectivity index (χ4n) is 0.827. The maximum Gasteiger partial charge on any atom is 0.259 e. The molecule has 1 heterocycles. The van der Waals surface area contributed by atoms with Crippen molar-refractivity contribution in [3.8, 4) is 0 Å². The molecule has 0 amide bonds. The smallest absolute Gasteiger partial charge is 0.242 e. The van der Waals surface area contributed by atoms with Gasteiger partial charge in [0.05, 0.1) is 5.02 Å². The fourth-order valence-corrected chi connectivity index (χ4v) is 2.29. The van der Waals surface area contributed by atoms with Gasteiger partial charge in [0.15, 0.2) is 5.03 Å². The highest BCUT2D eigenvalue weighted by Crippen LogP contribution is 2.16. The average molecular weight is 221 g/mol. The molecule has 0 aromatic carbocycles. The van der Waals surface area contributed by atoms with Crippen molar-refractivity contribution < 1.29 is 8.42 Å². The zero-order chi connectivity index (χ0) is 9.90. The van der Waals surface area contributed by atoms with E-state index in [9.17, 15) is 8.42 Å². The second-order valence-electron chi connectivity index (χ2n) is 2.29. The van der Waals surface area contributed by atoms with Crippen LogP contribution in [0.5, 0.6) is 0 Å². The molecular weight excluding hydrogens is 212 g/mol. The number of rotatable bonds is 3. The Kier molecular flexibility index (Phi) is 3.24. The molecule has 0 saturated carbocycles. The molecule has 4 nitrogen and oxygen atoms in total. The number of aromatic nitrogens is 1. The molecule has 0 aliphatic heterocycles. The molecule has 1 aromatic rings. The highest BCUT2D eigenvalue weighted by Gasteiger charge is 2.17. The molecule has 1 rings (SSSR count). The van der Waals surface area contributed by atoms with Crippen LogP contribution in [0.1, 0.15) is 6.92 Å². The summed E-state index contributed by atoms with van der Waals surface area (Å²) in [6.45, 7) is 2.00. The van der Waals surface area contributed by atoms with Gasteiger partial charge in [0, 0.05) is 12.7 Å². The monoisotopic (exact) mass is 220 g/mol. The summed E-state index contributed by atoms with van der Waals surface area (Å²) in [5, 5.41) is 0.00182. The lowest BCUT2D eigenvalue weighted by Crippen LogP contribution is -2.24. The molecule has 0 saturated heterocycles. The average Bonchev–Trinajstić information content (AvgIpc) is 2.04. The molecule has 72 valence electrons. The first-order valence-corrected chi connectivity index (χ1v) is 5.54. The molecule has 0 atom stereocenters. The lowest BCUT2D eigenvalue weighted by molar-refractivity contribution is 0.580. The summed E-state index contributed by atoms with van der Waals surface area (Å²) in [6.07, 6.45) is 1.39. The van der Waals surface area contributed by atoms with Crippen molar-refractivity contribution in [1.82, 2.24) is 9.71 Å². The Hall–Kier alpha value is -0.650. The first kappa shape index (κ1) is 10.4. The maximum atomic E-state index is 11.4. The molecule has 0 fully saturated rings. The Bertz CT molecular complexity index is 391. The second-order valence-corrected chi connectivity index (χ2v) is 4.38. The summed E-state index contributed by atoms with van der Waals surface area (Å²) in [4.78, 5) is 3.69. The van der Waals surface area contributed by atoms with Crippen LogP contribution in [0.25, 0.3) is 0 Å². The van der Waals surface area contributed by atoms with E-state index in [1.165, 1.54) is 12.3 Å². The van der Waals surface area contributed by atoms with Crippen molar-refractivity contribution in [2.24, 2.45) is 0 Å².